The predicted molar refractivity (Wildman–Crippen MR) is 89.9 cm³/mol. The van der Waals surface area contributed by atoms with Gasteiger partial charge in [-0.2, -0.15) is 13.2 Å². The lowest BCUT2D eigenvalue weighted by Gasteiger charge is -2.19. The van der Waals surface area contributed by atoms with E-state index in [0.717, 1.165) is 4.47 Å². The fourth-order valence-electron chi connectivity index (χ4n) is 2.18. The molecule has 0 saturated heterocycles. The third kappa shape index (κ3) is 4.85. The number of aliphatic hydroxyl groups is 1. The summed E-state index contributed by atoms with van der Waals surface area (Å²) in [4.78, 5) is 23.3. The summed E-state index contributed by atoms with van der Waals surface area (Å²) < 4.78 is 45.7. The van der Waals surface area contributed by atoms with E-state index in [9.17, 15) is 27.9 Å². The molecule has 0 unspecified atom stereocenters. The van der Waals surface area contributed by atoms with Crippen molar-refractivity contribution >= 4 is 21.8 Å². The Morgan fingerprint density at radius 1 is 1.23 bits per heavy atom. The second-order valence-corrected chi connectivity index (χ2v) is 6.24. The highest BCUT2D eigenvalue weighted by Crippen LogP contribution is 2.28. The zero-order valence-corrected chi connectivity index (χ0v) is 14.8. The Labute approximate surface area is 154 Å². The molecule has 0 aliphatic carbocycles. The van der Waals surface area contributed by atoms with Crippen LogP contribution < -0.4 is 16.0 Å². The quantitative estimate of drug-likeness (QED) is 0.728. The number of carbonyl (C=O) groups excluding carboxylic acids is 1. The molecular formula is C16H14BrF3N2O4. The highest BCUT2D eigenvalue weighted by atomic mass is 79.9. The Morgan fingerprint density at radius 3 is 2.38 bits per heavy atom. The van der Waals surface area contributed by atoms with E-state index in [2.05, 4.69) is 15.9 Å². The first kappa shape index (κ1) is 20.0. The average Bonchev–Trinajstić information content (AvgIpc) is 2.54. The van der Waals surface area contributed by atoms with E-state index in [4.69, 9.17) is 10.5 Å². The van der Waals surface area contributed by atoms with Gasteiger partial charge in [0, 0.05) is 4.47 Å². The van der Waals surface area contributed by atoms with Crippen LogP contribution in [0.5, 0.6) is 5.75 Å². The van der Waals surface area contributed by atoms with Crippen LogP contribution in [0.3, 0.4) is 0 Å². The van der Waals surface area contributed by atoms with E-state index in [1.54, 1.807) is 24.3 Å². The standard InChI is InChI=1S/C16H14BrF3N2O4/c17-9-1-3-11(4-2-9)26-8-10(23)7-22-13(16(18,19)20)6-5-12(14(21)24)15(22)25/h1-6,10,23H,7-8H2,(H2,21,24)/t10-/m1/s1. The Morgan fingerprint density at radius 2 is 1.85 bits per heavy atom. The smallest absolute Gasteiger partial charge is 0.431 e. The monoisotopic (exact) mass is 434 g/mol. The van der Waals surface area contributed by atoms with Gasteiger partial charge in [-0.25, -0.2) is 0 Å². The first-order chi connectivity index (χ1) is 12.1. The number of ether oxygens (including phenoxy) is 1. The van der Waals surface area contributed by atoms with E-state index >= 15 is 0 Å². The van der Waals surface area contributed by atoms with Crippen molar-refractivity contribution in [3.8, 4) is 5.75 Å². The molecule has 1 aromatic heterocycles. The number of halogens is 4. The molecule has 10 heteroatoms. The summed E-state index contributed by atoms with van der Waals surface area (Å²) in [7, 11) is 0. The SMILES string of the molecule is NC(=O)c1ccc(C(F)(F)F)n(C[C@@H](O)COc2ccc(Br)cc2)c1=O. The van der Waals surface area contributed by atoms with Crippen molar-refractivity contribution in [2.24, 2.45) is 5.73 Å². The number of pyridine rings is 1. The van der Waals surface area contributed by atoms with Crippen LogP contribution in [-0.4, -0.2) is 28.3 Å². The molecule has 26 heavy (non-hydrogen) atoms. The predicted octanol–water partition coefficient (Wildman–Crippen LogP) is 2.17. The second-order valence-electron chi connectivity index (χ2n) is 5.33. The van der Waals surface area contributed by atoms with Gasteiger partial charge in [-0.3, -0.25) is 9.59 Å². The van der Waals surface area contributed by atoms with Gasteiger partial charge < -0.3 is 20.1 Å². The van der Waals surface area contributed by atoms with Crippen molar-refractivity contribution in [2.45, 2.75) is 18.8 Å². The number of nitrogens with zero attached hydrogens (tertiary/aromatic N) is 1. The van der Waals surface area contributed by atoms with E-state index in [0.29, 0.717) is 17.9 Å². The fourth-order valence-corrected chi connectivity index (χ4v) is 2.45. The molecule has 0 bridgehead atoms. The van der Waals surface area contributed by atoms with Crippen LogP contribution in [0.1, 0.15) is 16.1 Å². The molecular weight excluding hydrogens is 421 g/mol. The number of nitrogens with two attached hydrogens (primary N) is 1. The molecule has 1 heterocycles. The molecule has 1 amide bonds. The molecule has 2 rings (SSSR count). The summed E-state index contributed by atoms with van der Waals surface area (Å²) >= 11 is 3.24. The van der Waals surface area contributed by atoms with Gasteiger partial charge in [-0.15, -0.1) is 0 Å². The number of alkyl halides is 3. The molecule has 1 atom stereocenters. The first-order valence-electron chi connectivity index (χ1n) is 7.27. The molecule has 0 radical (unpaired) electrons. The maximum atomic E-state index is 13.1. The van der Waals surface area contributed by atoms with Gasteiger partial charge in [0.1, 0.15) is 29.7 Å². The minimum Gasteiger partial charge on any atom is -0.491 e. The third-order valence-corrected chi connectivity index (χ3v) is 3.91. The Balaban J connectivity index is 2.23. The minimum atomic E-state index is -4.85. The second kappa shape index (κ2) is 7.92. The molecule has 2 aromatic rings. The van der Waals surface area contributed by atoms with E-state index < -0.39 is 41.5 Å². The number of rotatable bonds is 6. The molecule has 0 aliphatic heterocycles. The summed E-state index contributed by atoms with van der Waals surface area (Å²) in [6, 6.07) is 7.85. The number of hydrogen-bond donors (Lipinski definition) is 2. The summed E-state index contributed by atoms with van der Waals surface area (Å²) in [6.07, 6.45) is -6.28. The number of carbonyl (C=O) groups is 1. The number of aromatic nitrogens is 1. The average molecular weight is 435 g/mol. The van der Waals surface area contributed by atoms with Gasteiger partial charge in [0.25, 0.3) is 11.5 Å². The van der Waals surface area contributed by atoms with Crippen molar-refractivity contribution in [2.75, 3.05) is 6.61 Å². The maximum absolute atomic E-state index is 13.1. The van der Waals surface area contributed by atoms with Crippen molar-refractivity contribution in [3.05, 3.63) is 62.5 Å². The lowest BCUT2D eigenvalue weighted by atomic mass is 10.2. The van der Waals surface area contributed by atoms with Crippen molar-refractivity contribution < 1.29 is 27.8 Å². The highest BCUT2D eigenvalue weighted by molar-refractivity contribution is 9.10. The normalized spacial score (nSPS) is 12.7. The molecule has 1 aromatic carbocycles. The molecule has 6 nitrogen and oxygen atoms in total. The van der Waals surface area contributed by atoms with Crippen LogP contribution in [0.25, 0.3) is 0 Å². The Bertz CT molecular complexity index is 850. The van der Waals surface area contributed by atoms with Gasteiger partial charge in [0.15, 0.2) is 0 Å². The van der Waals surface area contributed by atoms with E-state index in [1.807, 2.05) is 0 Å². The molecule has 0 spiro atoms. The topological polar surface area (TPSA) is 94.6 Å². The van der Waals surface area contributed by atoms with Crippen molar-refractivity contribution in [3.63, 3.8) is 0 Å². The minimum absolute atomic E-state index is 0.274. The third-order valence-electron chi connectivity index (χ3n) is 3.38. The van der Waals surface area contributed by atoms with Gasteiger partial charge in [-0.05, 0) is 36.4 Å². The number of aliphatic hydroxyl groups excluding tert-OH is 1. The number of amides is 1. The van der Waals surface area contributed by atoms with Gasteiger partial charge in [-0.1, -0.05) is 15.9 Å². The lowest BCUT2D eigenvalue weighted by molar-refractivity contribution is -0.144. The zero-order chi connectivity index (χ0) is 19.5. The first-order valence-corrected chi connectivity index (χ1v) is 8.06. The lowest BCUT2D eigenvalue weighted by Crippen LogP contribution is -2.37. The van der Waals surface area contributed by atoms with Gasteiger partial charge in [0.05, 0.1) is 6.54 Å². The van der Waals surface area contributed by atoms with E-state index in [1.165, 1.54) is 0 Å². The van der Waals surface area contributed by atoms with Gasteiger partial charge >= 0.3 is 6.18 Å². The van der Waals surface area contributed by atoms with Crippen LogP contribution >= 0.6 is 15.9 Å². The summed E-state index contributed by atoms with van der Waals surface area (Å²) in [5.74, 6) is -0.764. The van der Waals surface area contributed by atoms with Crippen molar-refractivity contribution in [1.82, 2.24) is 4.57 Å². The van der Waals surface area contributed by atoms with Crippen molar-refractivity contribution in [1.29, 1.82) is 0 Å². The highest BCUT2D eigenvalue weighted by Gasteiger charge is 2.35. The largest absolute Gasteiger partial charge is 0.491 e. The molecule has 0 saturated carbocycles. The van der Waals surface area contributed by atoms with Crippen LogP contribution in [0.2, 0.25) is 0 Å². The van der Waals surface area contributed by atoms with Crippen LogP contribution in [0.15, 0.2) is 45.7 Å². The number of primary amides is 1. The van der Waals surface area contributed by atoms with E-state index in [-0.39, 0.29) is 11.2 Å². The zero-order valence-electron chi connectivity index (χ0n) is 13.2. The summed E-state index contributed by atoms with van der Waals surface area (Å²) in [5, 5.41) is 9.99. The Hall–Kier alpha value is -2.33. The summed E-state index contributed by atoms with van der Waals surface area (Å²) in [5.41, 5.74) is 1.87. The maximum Gasteiger partial charge on any atom is 0.431 e. The molecule has 0 fully saturated rings. The molecule has 3 N–H and O–H groups in total. The number of benzene rings is 1. The van der Waals surface area contributed by atoms with Crippen LogP contribution in [0, 0.1) is 0 Å². The Kier molecular flexibility index (Phi) is 6.09. The van der Waals surface area contributed by atoms with Gasteiger partial charge in [0.2, 0.25) is 0 Å². The van der Waals surface area contributed by atoms with Crippen LogP contribution in [0.4, 0.5) is 13.2 Å². The number of hydrogen-bond acceptors (Lipinski definition) is 4. The molecule has 140 valence electrons. The fraction of sp³-hybridized carbons (Fsp3) is 0.250. The summed E-state index contributed by atoms with van der Waals surface area (Å²) in [6.45, 7) is -1.07. The molecule has 0 aliphatic rings. The van der Waals surface area contributed by atoms with Crippen LogP contribution in [-0.2, 0) is 12.7 Å².